The number of hydrogen-bond acceptors (Lipinski definition) is 6. The number of benzene rings is 2. The highest BCUT2D eigenvalue weighted by Crippen LogP contribution is 2.38. The molecule has 37 heavy (non-hydrogen) atoms. The Bertz CT molecular complexity index is 1470. The third kappa shape index (κ3) is 4.40. The Labute approximate surface area is 213 Å². The normalized spacial score (nSPS) is 17.9. The molecule has 2 aromatic carbocycles. The monoisotopic (exact) mass is 512 g/mol. The summed E-state index contributed by atoms with van der Waals surface area (Å²) in [5, 5.41) is 8.40. The molecule has 1 N–H and O–H groups in total. The van der Waals surface area contributed by atoms with Crippen molar-refractivity contribution in [2.45, 2.75) is 58.0 Å². The molecule has 0 saturated carbocycles. The van der Waals surface area contributed by atoms with Crippen LogP contribution in [0.25, 0.3) is 16.6 Å². The van der Waals surface area contributed by atoms with E-state index in [1.807, 2.05) is 39.8 Å². The van der Waals surface area contributed by atoms with Gasteiger partial charge >= 0.3 is 13.3 Å². The molecular formula is C26H28BF3N4O3. The fourth-order valence-electron chi connectivity index (χ4n) is 4.41. The van der Waals surface area contributed by atoms with Crippen molar-refractivity contribution in [3.63, 3.8) is 0 Å². The highest BCUT2D eigenvalue weighted by atomic mass is 19.4. The Morgan fingerprint density at radius 3 is 2.41 bits per heavy atom. The molecule has 0 bridgehead atoms. The molecule has 4 aromatic rings. The fourth-order valence-corrected chi connectivity index (χ4v) is 4.41. The standard InChI is InChI=1S/C26H28BF3N4O3/c1-15(16-8-7-9-17(12-16)26(28,29)30)32-23-18-13-19(27-36-24(2,3)25(4,5)37-27)21(35-6)14-20(18)34-22(33-23)10-11-31-34/h7-15H,1-6H3,(H,32,33)/t15-/m1/s1. The van der Waals surface area contributed by atoms with E-state index >= 15 is 0 Å². The van der Waals surface area contributed by atoms with E-state index in [0.29, 0.717) is 39.1 Å². The Morgan fingerprint density at radius 1 is 1.05 bits per heavy atom. The second-order valence-corrected chi connectivity index (χ2v) is 10.3. The zero-order valence-corrected chi connectivity index (χ0v) is 21.5. The number of anilines is 1. The number of rotatable bonds is 5. The lowest BCUT2D eigenvalue weighted by molar-refractivity contribution is -0.137. The van der Waals surface area contributed by atoms with Crippen molar-refractivity contribution in [1.29, 1.82) is 0 Å². The number of ether oxygens (including phenoxy) is 1. The van der Waals surface area contributed by atoms with Gasteiger partial charge in [0.25, 0.3) is 0 Å². The second kappa shape index (κ2) is 8.63. The van der Waals surface area contributed by atoms with E-state index < -0.39 is 36.1 Å². The zero-order valence-electron chi connectivity index (χ0n) is 21.5. The molecule has 5 rings (SSSR count). The number of fused-ring (bicyclic) bond motifs is 3. The molecule has 1 atom stereocenters. The van der Waals surface area contributed by atoms with Crippen molar-refractivity contribution < 1.29 is 27.2 Å². The van der Waals surface area contributed by atoms with Crippen LogP contribution in [0.4, 0.5) is 19.0 Å². The zero-order chi connectivity index (χ0) is 26.8. The number of alkyl halides is 3. The molecule has 0 aliphatic carbocycles. The first-order valence-electron chi connectivity index (χ1n) is 12.0. The first-order chi connectivity index (χ1) is 17.3. The van der Waals surface area contributed by atoms with E-state index in [1.165, 1.54) is 6.07 Å². The van der Waals surface area contributed by atoms with Gasteiger partial charge in [-0.3, -0.25) is 0 Å². The minimum Gasteiger partial charge on any atom is -0.497 e. The first-order valence-corrected chi connectivity index (χ1v) is 12.0. The molecule has 1 aliphatic rings. The van der Waals surface area contributed by atoms with Gasteiger partial charge in [0.15, 0.2) is 5.65 Å². The summed E-state index contributed by atoms with van der Waals surface area (Å²) in [5.41, 5.74) is 0.648. The van der Waals surface area contributed by atoms with Crippen LogP contribution in [-0.2, 0) is 15.5 Å². The highest BCUT2D eigenvalue weighted by molar-refractivity contribution is 6.63. The SMILES string of the molecule is COc1cc2c(cc1B1OC(C)(C)C(C)(C)O1)c(N[C@H](C)c1cccc(C(F)(F)F)c1)nc1ccnn12. The Kier molecular flexibility index (Phi) is 5.91. The van der Waals surface area contributed by atoms with Crippen LogP contribution in [0.3, 0.4) is 0 Å². The van der Waals surface area contributed by atoms with Gasteiger partial charge < -0.3 is 19.4 Å². The maximum atomic E-state index is 13.3. The summed E-state index contributed by atoms with van der Waals surface area (Å²) in [6.07, 6.45) is -2.79. The average Bonchev–Trinajstić information content (AvgIpc) is 3.38. The van der Waals surface area contributed by atoms with Gasteiger partial charge in [-0.05, 0) is 58.4 Å². The largest absolute Gasteiger partial charge is 0.498 e. The van der Waals surface area contributed by atoms with Crippen molar-refractivity contribution in [2.75, 3.05) is 12.4 Å². The molecule has 1 aliphatic heterocycles. The Balaban J connectivity index is 1.62. The molecular weight excluding hydrogens is 484 g/mol. The fraction of sp³-hybridized carbons (Fsp3) is 0.385. The summed E-state index contributed by atoms with van der Waals surface area (Å²) >= 11 is 0. The van der Waals surface area contributed by atoms with Crippen molar-refractivity contribution in [1.82, 2.24) is 14.6 Å². The molecule has 0 radical (unpaired) electrons. The molecule has 11 heteroatoms. The van der Waals surface area contributed by atoms with Crippen LogP contribution in [0.1, 0.15) is 51.8 Å². The first kappa shape index (κ1) is 25.3. The second-order valence-electron chi connectivity index (χ2n) is 10.3. The lowest BCUT2D eigenvalue weighted by Crippen LogP contribution is -2.41. The maximum Gasteiger partial charge on any atom is 0.498 e. The van der Waals surface area contributed by atoms with E-state index in [1.54, 1.807) is 36.9 Å². The highest BCUT2D eigenvalue weighted by Gasteiger charge is 2.52. The third-order valence-electron chi connectivity index (χ3n) is 7.25. The van der Waals surface area contributed by atoms with E-state index in [2.05, 4.69) is 10.4 Å². The minimum atomic E-state index is -4.43. The van der Waals surface area contributed by atoms with Crippen molar-refractivity contribution in [3.05, 3.63) is 59.8 Å². The maximum absolute atomic E-state index is 13.3. The van der Waals surface area contributed by atoms with Gasteiger partial charge in [-0.2, -0.15) is 18.3 Å². The molecule has 1 saturated heterocycles. The minimum absolute atomic E-state index is 0.467. The summed E-state index contributed by atoms with van der Waals surface area (Å²) in [6, 6.07) is 10.3. The summed E-state index contributed by atoms with van der Waals surface area (Å²) in [5.74, 6) is 1.05. The van der Waals surface area contributed by atoms with Gasteiger partial charge in [0, 0.05) is 29.0 Å². The number of hydrogen-bond donors (Lipinski definition) is 1. The van der Waals surface area contributed by atoms with E-state index in [4.69, 9.17) is 19.0 Å². The Hall–Kier alpha value is -3.31. The van der Waals surface area contributed by atoms with Crippen LogP contribution < -0.4 is 15.5 Å². The van der Waals surface area contributed by atoms with Gasteiger partial charge in [-0.1, -0.05) is 12.1 Å². The summed E-state index contributed by atoms with van der Waals surface area (Å²) in [4.78, 5) is 4.73. The van der Waals surface area contributed by atoms with Gasteiger partial charge in [0.05, 0.1) is 35.6 Å². The van der Waals surface area contributed by atoms with E-state index in [0.717, 1.165) is 12.1 Å². The number of methoxy groups -OCH3 is 1. The average molecular weight is 512 g/mol. The molecule has 194 valence electrons. The van der Waals surface area contributed by atoms with Gasteiger partial charge in [0.2, 0.25) is 0 Å². The van der Waals surface area contributed by atoms with Crippen molar-refractivity contribution in [3.8, 4) is 5.75 Å². The summed E-state index contributed by atoms with van der Waals surface area (Å²) < 4.78 is 59.9. The number of nitrogens with zero attached hydrogens (tertiary/aromatic N) is 3. The van der Waals surface area contributed by atoms with E-state index in [-0.39, 0.29) is 0 Å². The lowest BCUT2D eigenvalue weighted by Gasteiger charge is -2.32. The van der Waals surface area contributed by atoms with Gasteiger partial charge in [0.1, 0.15) is 11.6 Å². The number of aromatic nitrogens is 3. The van der Waals surface area contributed by atoms with Crippen LogP contribution >= 0.6 is 0 Å². The molecule has 0 unspecified atom stereocenters. The van der Waals surface area contributed by atoms with Gasteiger partial charge in [-0.15, -0.1) is 0 Å². The van der Waals surface area contributed by atoms with Crippen LogP contribution in [-0.4, -0.2) is 40.0 Å². The Morgan fingerprint density at radius 2 is 1.76 bits per heavy atom. The van der Waals surface area contributed by atoms with Crippen LogP contribution in [0.5, 0.6) is 5.75 Å². The summed E-state index contributed by atoms with van der Waals surface area (Å²) in [6.45, 7) is 9.68. The lowest BCUT2D eigenvalue weighted by atomic mass is 9.77. The predicted octanol–water partition coefficient (Wildman–Crippen LogP) is 5.38. The molecule has 0 amide bonds. The van der Waals surface area contributed by atoms with Crippen LogP contribution in [0.2, 0.25) is 0 Å². The molecule has 1 fully saturated rings. The number of halogens is 3. The molecule has 0 spiro atoms. The number of nitrogens with one attached hydrogen (secondary N) is 1. The van der Waals surface area contributed by atoms with Crippen molar-refractivity contribution >= 4 is 34.9 Å². The molecule has 2 aromatic heterocycles. The third-order valence-corrected chi connectivity index (χ3v) is 7.25. The summed E-state index contributed by atoms with van der Waals surface area (Å²) in [7, 11) is 0.887. The predicted molar refractivity (Wildman–Crippen MR) is 136 cm³/mol. The van der Waals surface area contributed by atoms with Gasteiger partial charge in [-0.25, -0.2) is 9.50 Å². The van der Waals surface area contributed by atoms with Crippen LogP contribution in [0, 0.1) is 0 Å². The van der Waals surface area contributed by atoms with Crippen molar-refractivity contribution in [2.24, 2.45) is 0 Å². The quantitative estimate of drug-likeness (QED) is 0.362. The topological polar surface area (TPSA) is 69.9 Å². The molecule has 3 heterocycles. The van der Waals surface area contributed by atoms with E-state index in [9.17, 15) is 13.2 Å². The smallest absolute Gasteiger partial charge is 0.497 e. The molecule has 7 nitrogen and oxygen atoms in total. The van der Waals surface area contributed by atoms with Crippen LogP contribution in [0.15, 0.2) is 48.7 Å².